The van der Waals surface area contributed by atoms with Crippen molar-refractivity contribution < 1.29 is 4.74 Å². The van der Waals surface area contributed by atoms with Crippen LogP contribution in [0.3, 0.4) is 0 Å². The molecule has 0 fully saturated rings. The van der Waals surface area contributed by atoms with Gasteiger partial charge in [-0.2, -0.15) is 0 Å². The molecule has 1 rings (SSSR count). The van der Waals surface area contributed by atoms with Crippen molar-refractivity contribution in [3.8, 4) is 5.75 Å². The molecule has 0 aromatic heterocycles. The Kier molecular flexibility index (Phi) is 4.43. The Morgan fingerprint density at radius 3 is 2.86 bits per heavy atom. The summed E-state index contributed by atoms with van der Waals surface area (Å²) in [6, 6.07) is 8.10. The van der Waals surface area contributed by atoms with Gasteiger partial charge in [0.1, 0.15) is 5.75 Å². The van der Waals surface area contributed by atoms with E-state index in [0.717, 1.165) is 18.8 Å². The van der Waals surface area contributed by atoms with Gasteiger partial charge in [-0.05, 0) is 24.7 Å². The standard InChI is InChI=1S/C11H18N2O/c1-13(7-6-12)9-10-4-3-5-11(8-10)14-2/h3-5,8H,6-7,9,12H2,1-2H3. The Bertz CT molecular complexity index is 276. The van der Waals surface area contributed by atoms with E-state index in [1.807, 2.05) is 18.2 Å². The van der Waals surface area contributed by atoms with Crippen LogP contribution in [0.5, 0.6) is 5.75 Å². The largest absolute Gasteiger partial charge is 0.497 e. The summed E-state index contributed by atoms with van der Waals surface area (Å²) in [5, 5.41) is 0. The van der Waals surface area contributed by atoms with Gasteiger partial charge in [-0.15, -0.1) is 0 Å². The third-order valence-corrected chi connectivity index (χ3v) is 2.10. The van der Waals surface area contributed by atoms with E-state index in [1.165, 1.54) is 5.56 Å². The minimum atomic E-state index is 0.695. The van der Waals surface area contributed by atoms with Crippen LogP contribution in [0.25, 0.3) is 0 Å². The van der Waals surface area contributed by atoms with Crippen LogP contribution in [0.4, 0.5) is 0 Å². The fraction of sp³-hybridized carbons (Fsp3) is 0.455. The van der Waals surface area contributed by atoms with E-state index in [2.05, 4.69) is 18.0 Å². The van der Waals surface area contributed by atoms with Crippen LogP contribution in [-0.4, -0.2) is 32.1 Å². The Morgan fingerprint density at radius 1 is 1.43 bits per heavy atom. The normalized spacial score (nSPS) is 10.6. The Labute approximate surface area is 85.5 Å². The lowest BCUT2D eigenvalue weighted by molar-refractivity contribution is 0.335. The van der Waals surface area contributed by atoms with Crippen molar-refractivity contribution in [3.05, 3.63) is 29.8 Å². The van der Waals surface area contributed by atoms with Gasteiger partial charge in [0.2, 0.25) is 0 Å². The Morgan fingerprint density at radius 2 is 2.21 bits per heavy atom. The summed E-state index contributed by atoms with van der Waals surface area (Å²) in [6.45, 7) is 2.52. The summed E-state index contributed by atoms with van der Waals surface area (Å²) in [5.41, 5.74) is 6.72. The average Bonchev–Trinajstić information content (AvgIpc) is 2.18. The van der Waals surface area contributed by atoms with E-state index in [9.17, 15) is 0 Å². The number of methoxy groups -OCH3 is 1. The van der Waals surface area contributed by atoms with Crippen molar-refractivity contribution in [1.29, 1.82) is 0 Å². The zero-order chi connectivity index (χ0) is 10.4. The third-order valence-electron chi connectivity index (χ3n) is 2.10. The first-order valence-electron chi connectivity index (χ1n) is 4.78. The molecule has 1 aromatic carbocycles. The van der Waals surface area contributed by atoms with Crippen molar-refractivity contribution in [2.45, 2.75) is 6.54 Å². The molecular weight excluding hydrogens is 176 g/mol. The van der Waals surface area contributed by atoms with Crippen LogP contribution in [0.2, 0.25) is 0 Å². The van der Waals surface area contributed by atoms with Gasteiger partial charge in [0, 0.05) is 19.6 Å². The summed E-state index contributed by atoms with van der Waals surface area (Å²) in [7, 11) is 3.75. The molecule has 0 aliphatic heterocycles. The molecule has 0 saturated heterocycles. The van der Waals surface area contributed by atoms with Gasteiger partial charge in [0.05, 0.1) is 7.11 Å². The van der Waals surface area contributed by atoms with Crippen LogP contribution in [0, 0.1) is 0 Å². The molecule has 0 radical (unpaired) electrons. The van der Waals surface area contributed by atoms with E-state index in [1.54, 1.807) is 7.11 Å². The highest BCUT2D eigenvalue weighted by Gasteiger charge is 1.99. The quantitative estimate of drug-likeness (QED) is 0.762. The number of likely N-dealkylation sites (N-methyl/N-ethyl adjacent to an activating group) is 1. The lowest BCUT2D eigenvalue weighted by atomic mass is 10.2. The maximum Gasteiger partial charge on any atom is 0.119 e. The summed E-state index contributed by atoms with van der Waals surface area (Å²) in [5.74, 6) is 0.906. The number of hydrogen-bond donors (Lipinski definition) is 1. The van der Waals surface area contributed by atoms with E-state index >= 15 is 0 Å². The molecule has 0 unspecified atom stereocenters. The molecule has 0 atom stereocenters. The van der Waals surface area contributed by atoms with E-state index in [-0.39, 0.29) is 0 Å². The van der Waals surface area contributed by atoms with E-state index < -0.39 is 0 Å². The molecule has 1 aromatic rings. The molecule has 0 heterocycles. The molecule has 0 bridgehead atoms. The zero-order valence-electron chi connectivity index (χ0n) is 8.86. The molecule has 0 saturated carbocycles. The molecule has 2 N–H and O–H groups in total. The molecule has 78 valence electrons. The summed E-state index contributed by atoms with van der Waals surface area (Å²) in [6.07, 6.45) is 0. The molecule has 0 aliphatic rings. The molecule has 14 heavy (non-hydrogen) atoms. The number of nitrogens with two attached hydrogens (primary N) is 1. The highest BCUT2D eigenvalue weighted by Crippen LogP contribution is 2.13. The Hall–Kier alpha value is -1.06. The summed E-state index contributed by atoms with van der Waals surface area (Å²) >= 11 is 0. The first-order valence-corrected chi connectivity index (χ1v) is 4.78. The second kappa shape index (κ2) is 5.62. The topological polar surface area (TPSA) is 38.5 Å². The third kappa shape index (κ3) is 3.36. The van der Waals surface area contributed by atoms with Crippen LogP contribution < -0.4 is 10.5 Å². The Balaban J connectivity index is 2.57. The van der Waals surface area contributed by atoms with Gasteiger partial charge < -0.3 is 15.4 Å². The molecule has 0 aliphatic carbocycles. The number of nitrogens with zero attached hydrogens (tertiary/aromatic N) is 1. The predicted octanol–water partition coefficient (Wildman–Crippen LogP) is 1.09. The highest BCUT2D eigenvalue weighted by atomic mass is 16.5. The minimum Gasteiger partial charge on any atom is -0.497 e. The van der Waals surface area contributed by atoms with Gasteiger partial charge in [0.15, 0.2) is 0 Å². The van der Waals surface area contributed by atoms with Crippen molar-refractivity contribution in [2.24, 2.45) is 5.73 Å². The number of ether oxygens (including phenoxy) is 1. The SMILES string of the molecule is COc1cccc(CN(C)CCN)c1. The van der Waals surface area contributed by atoms with Gasteiger partial charge in [-0.1, -0.05) is 12.1 Å². The van der Waals surface area contributed by atoms with E-state index in [0.29, 0.717) is 6.54 Å². The molecule has 0 amide bonds. The lowest BCUT2D eigenvalue weighted by Gasteiger charge is -2.15. The van der Waals surface area contributed by atoms with Gasteiger partial charge >= 0.3 is 0 Å². The van der Waals surface area contributed by atoms with Crippen molar-refractivity contribution >= 4 is 0 Å². The van der Waals surface area contributed by atoms with Crippen molar-refractivity contribution in [2.75, 3.05) is 27.2 Å². The monoisotopic (exact) mass is 194 g/mol. The van der Waals surface area contributed by atoms with Crippen LogP contribution in [-0.2, 0) is 6.54 Å². The van der Waals surface area contributed by atoms with Gasteiger partial charge in [0.25, 0.3) is 0 Å². The van der Waals surface area contributed by atoms with Crippen LogP contribution >= 0.6 is 0 Å². The highest BCUT2D eigenvalue weighted by molar-refractivity contribution is 5.28. The second-order valence-electron chi connectivity index (χ2n) is 3.38. The minimum absolute atomic E-state index is 0.695. The number of hydrogen-bond acceptors (Lipinski definition) is 3. The predicted molar refractivity (Wildman–Crippen MR) is 58.4 cm³/mol. The van der Waals surface area contributed by atoms with Crippen LogP contribution in [0.15, 0.2) is 24.3 Å². The summed E-state index contributed by atoms with van der Waals surface area (Å²) in [4.78, 5) is 2.19. The number of rotatable bonds is 5. The lowest BCUT2D eigenvalue weighted by Crippen LogP contribution is -2.24. The first-order chi connectivity index (χ1) is 6.76. The maximum atomic E-state index is 5.47. The van der Waals surface area contributed by atoms with Crippen LogP contribution in [0.1, 0.15) is 5.56 Å². The number of benzene rings is 1. The fourth-order valence-corrected chi connectivity index (χ4v) is 1.38. The summed E-state index contributed by atoms with van der Waals surface area (Å²) < 4.78 is 5.15. The van der Waals surface area contributed by atoms with Gasteiger partial charge in [-0.25, -0.2) is 0 Å². The molecular formula is C11H18N2O. The average molecular weight is 194 g/mol. The second-order valence-corrected chi connectivity index (χ2v) is 3.38. The molecule has 3 heteroatoms. The van der Waals surface area contributed by atoms with Crippen molar-refractivity contribution in [1.82, 2.24) is 4.90 Å². The van der Waals surface area contributed by atoms with Crippen molar-refractivity contribution in [3.63, 3.8) is 0 Å². The first kappa shape index (κ1) is 11.0. The molecule has 3 nitrogen and oxygen atoms in total. The smallest absolute Gasteiger partial charge is 0.119 e. The molecule has 0 spiro atoms. The maximum absolute atomic E-state index is 5.47. The van der Waals surface area contributed by atoms with E-state index in [4.69, 9.17) is 10.5 Å². The van der Waals surface area contributed by atoms with Gasteiger partial charge in [-0.3, -0.25) is 0 Å². The fourth-order valence-electron chi connectivity index (χ4n) is 1.38. The zero-order valence-corrected chi connectivity index (χ0v) is 8.86.